The van der Waals surface area contributed by atoms with Crippen molar-refractivity contribution in [3.05, 3.63) is 24.2 Å². The van der Waals surface area contributed by atoms with E-state index >= 15 is 0 Å². The fraction of sp³-hybridized carbons (Fsp3) is 0.692. The van der Waals surface area contributed by atoms with Crippen LogP contribution < -0.4 is 0 Å². The minimum absolute atomic E-state index is 0.690. The highest BCUT2D eigenvalue weighted by molar-refractivity contribution is 5.10. The van der Waals surface area contributed by atoms with Crippen molar-refractivity contribution in [2.45, 2.75) is 32.3 Å². The first-order valence-corrected chi connectivity index (χ1v) is 6.09. The third kappa shape index (κ3) is 2.47. The molecule has 16 heavy (non-hydrogen) atoms. The number of aliphatic hydroxyl groups is 1. The molecule has 1 aliphatic rings. The molecule has 0 atom stereocenters. The molecule has 1 fully saturated rings. The molecule has 0 radical (unpaired) electrons. The molecule has 3 heteroatoms. The Bertz CT molecular complexity index is 311. The third-order valence-corrected chi connectivity index (χ3v) is 3.29. The summed E-state index contributed by atoms with van der Waals surface area (Å²) in [5.74, 6) is 1.41. The van der Waals surface area contributed by atoms with E-state index in [1.54, 1.807) is 6.26 Å². The molecule has 1 aromatic heterocycles. The maximum absolute atomic E-state index is 10.5. The van der Waals surface area contributed by atoms with E-state index in [0.29, 0.717) is 5.92 Å². The van der Waals surface area contributed by atoms with Crippen LogP contribution in [-0.2, 0) is 5.60 Å². The average molecular weight is 223 g/mol. The second kappa shape index (κ2) is 4.60. The van der Waals surface area contributed by atoms with Gasteiger partial charge in [0.1, 0.15) is 11.4 Å². The number of rotatable bonds is 3. The maximum Gasteiger partial charge on any atom is 0.135 e. The van der Waals surface area contributed by atoms with Gasteiger partial charge in [-0.05, 0) is 30.9 Å². The topological polar surface area (TPSA) is 36.6 Å². The lowest BCUT2D eigenvalue weighted by Crippen LogP contribution is -2.43. The number of furan rings is 1. The van der Waals surface area contributed by atoms with Crippen molar-refractivity contribution >= 4 is 0 Å². The molecular weight excluding hydrogens is 202 g/mol. The van der Waals surface area contributed by atoms with Crippen LogP contribution in [0.25, 0.3) is 0 Å². The Morgan fingerprint density at radius 1 is 1.44 bits per heavy atom. The predicted molar refractivity (Wildman–Crippen MR) is 63.1 cm³/mol. The molecule has 2 rings (SSSR count). The van der Waals surface area contributed by atoms with Crippen LogP contribution in [0.3, 0.4) is 0 Å². The summed E-state index contributed by atoms with van der Waals surface area (Å²) in [6, 6.07) is 3.71. The molecule has 90 valence electrons. The van der Waals surface area contributed by atoms with Crippen LogP contribution in [0, 0.1) is 5.92 Å². The molecule has 3 nitrogen and oxygen atoms in total. The Kier molecular flexibility index (Phi) is 3.36. The smallest absolute Gasteiger partial charge is 0.135 e. The molecule has 0 spiro atoms. The first-order valence-electron chi connectivity index (χ1n) is 6.09. The van der Waals surface area contributed by atoms with Crippen molar-refractivity contribution in [2.24, 2.45) is 5.92 Å². The summed E-state index contributed by atoms with van der Waals surface area (Å²) in [5.41, 5.74) is -0.739. The van der Waals surface area contributed by atoms with Crippen LogP contribution in [0.1, 0.15) is 32.4 Å². The second-order valence-corrected chi connectivity index (χ2v) is 5.20. The molecule has 0 aliphatic carbocycles. The number of likely N-dealkylation sites (tertiary alicyclic amines) is 1. The summed E-state index contributed by atoms with van der Waals surface area (Å²) in [5, 5.41) is 10.5. The van der Waals surface area contributed by atoms with E-state index in [4.69, 9.17) is 4.42 Å². The zero-order valence-corrected chi connectivity index (χ0v) is 10.1. The predicted octanol–water partition coefficient (Wildman–Crippen LogP) is 2.22. The van der Waals surface area contributed by atoms with Crippen molar-refractivity contribution in [1.82, 2.24) is 4.90 Å². The number of hydrogen-bond donors (Lipinski definition) is 1. The van der Waals surface area contributed by atoms with Gasteiger partial charge in [0.05, 0.1) is 6.26 Å². The van der Waals surface area contributed by atoms with Gasteiger partial charge in [0.15, 0.2) is 0 Å². The summed E-state index contributed by atoms with van der Waals surface area (Å²) in [6.45, 7) is 7.49. The minimum Gasteiger partial charge on any atom is -0.466 e. The van der Waals surface area contributed by atoms with E-state index in [9.17, 15) is 5.11 Å². The van der Waals surface area contributed by atoms with Gasteiger partial charge in [-0.15, -0.1) is 0 Å². The molecule has 0 amide bonds. The molecule has 1 aliphatic heterocycles. The summed E-state index contributed by atoms with van der Waals surface area (Å²) in [6.07, 6.45) is 3.17. The largest absolute Gasteiger partial charge is 0.466 e. The van der Waals surface area contributed by atoms with Gasteiger partial charge in [-0.2, -0.15) is 0 Å². The molecule has 0 saturated carbocycles. The quantitative estimate of drug-likeness (QED) is 0.853. The molecule has 0 aromatic carbocycles. The summed E-state index contributed by atoms with van der Waals surface area (Å²) in [4.78, 5) is 2.42. The monoisotopic (exact) mass is 223 g/mol. The second-order valence-electron chi connectivity index (χ2n) is 5.20. The van der Waals surface area contributed by atoms with Gasteiger partial charge in [0.2, 0.25) is 0 Å². The fourth-order valence-electron chi connectivity index (χ4n) is 2.41. The molecule has 1 saturated heterocycles. The van der Waals surface area contributed by atoms with Crippen molar-refractivity contribution in [1.29, 1.82) is 0 Å². The number of piperidine rings is 1. The van der Waals surface area contributed by atoms with Crippen LogP contribution in [-0.4, -0.2) is 29.6 Å². The highest BCUT2D eigenvalue weighted by Gasteiger charge is 2.36. The van der Waals surface area contributed by atoms with Crippen LogP contribution in [0.15, 0.2) is 22.8 Å². The Morgan fingerprint density at radius 3 is 2.62 bits per heavy atom. The summed E-state index contributed by atoms with van der Waals surface area (Å²) >= 11 is 0. The number of nitrogens with zero attached hydrogens (tertiary/aromatic N) is 1. The van der Waals surface area contributed by atoms with Gasteiger partial charge in [0.25, 0.3) is 0 Å². The maximum atomic E-state index is 10.5. The first kappa shape index (κ1) is 11.7. The molecule has 1 aromatic rings. The van der Waals surface area contributed by atoms with E-state index in [2.05, 4.69) is 18.7 Å². The molecule has 0 bridgehead atoms. The van der Waals surface area contributed by atoms with Gasteiger partial charge in [-0.25, -0.2) is 0 Å². The average Bonchev–Trinajstić information content (AvgIpc) is 2.75. The van der Waals surface area contributed by atoms with E-state index in [1.807, 2.05) is 12.1 Å². The summed E-state index contributed by atoms with van der Waals surface area (Å²) < 4.78 is 5.32. The molecule has 1 N–H and O–H groups in total. The fourth-order valence-corrected chi connectivity index (χ4v) is 2.41. The normalized spacial score (nSPS) is 21.5. The lowest BCUT2D eigenvalue weighted by Gasteiger charge is -2.37. The number of hydrogen-bond acceptors (Lipinski definition) is 3. The zero-order chi connectivity index (χ0) is 11.6. The Morgan fingerprint density at radius 2 is 2.12 bits per heavy atom. The molecule has 0 unspecified atom stereocenters. The van der Waals surface area contributed by atoms with E-state index in [0.717, 1.165) is 38.2 Å². The van der Waals surface area contributed by atoms with Crippen LogP contribution in [0.4, 0.5) is 0 Å². The highest BCUT2D eigenvalue weighted by atomic mass is 16.4. The van der Waals surface area contributed by atoms with E-state index in [1.165, 1.54) is 0 Å². The van der Waals surface area contributed by atoms with Gasteiger partial charge < -0.3 is 14.4 Å². The van der Waals surface area contributed by atoms with Gasteiger partial charge in [-0.3, -0.25) is 0 Å². The highest BCUT2D eigenvalue weighted by Crippen LogP contribution is 2.33. The lowest BCUT2D eigenvalue weighted by molar-refractivity contribution is -0.0437. The van der Waals surface area contributed by atoms with Crippen molar-refractivity contribution in [2.75, 3.05) is 19.6 Å². The van der Waals surface area contributed by atoms with Crippen LogP contribution in [0.5, 0.6) is 0 Å². The van der Waals surface area contributed by atoms with Crippen molar-refractivity contribution < 1.29 is 9.52 Å². The zero-order valence-electron chi connectivity index (χ0n) is 10.1. The van der Waals surface area contributed by atoms with E-state index < -0.39 is 5.60 Å². The third-order valence-electron chi connectivity index (χ3n) is 3.29. The van der Waals surface area contributed by atoms with Gasteiger partial charge >= 0.3 is 0 Å². The van der Waals surface area contributed by atoms with Crippen LogP contribution in [0.2, 0.25) is 0 Å². The Balaban J connectivity index is 1.94. The SMILES string of the molecule is CC(C)CN1CCC(O)(c2ccco2)CC1. The van der Waals surface area contributed by atoms with E-state index in [-0.39, 0.29) is 0 Å². The minimum atomic E-state index is -0.739. The lowest BCUT2D eigenvalue weighted by atomic mass is 9.89. The molecule has 2 heterocycles. The summed E-state index contributed by atoms with van der Waals surface area (Å²) in [7, 11) is 0. The standard InChI is InChI=1S/C13H21NO2/c1-11(2)10-14-7-5-13(15,6-8-14)12-4-3-9-16-12/h3-4,9,11,15H,5-8,10H2,1-2H3. The van der Waals surface area contributed by atoms with Crippen molar-refractivity contribution in [3.63, 3.8) is 0 Å². The Labute approximate surface area is 97.1 Å². The van der Waals surface area contributed by atoms with Crippen molar-refractivity contribution in [3.8, 4) is 0 Å². The first-order chi connectivity index (χ1) is 7.60. The van der Waals surface area contributed by atoms with Crippen LogP contribution >= 0.6 is 0 Å². The van der Waals surface area contributed by atoms with Gasteiger partial charge in [0, 0.05) is 19.6 Å². The van der Waals surface area contributed by atoms with Gasteiger partial charge in [-0.1, -0.05) is 13.8 Å². The molecular formula is C13H21NO2. The Hall–Kier alpha value is -0.800.